The summed E-state index contributed by atoms with van der Waals surface area (Å²) in [6.07, 6.45) is -4.60. The first-order valence-corrected chi connectivity index (χ1v) is 5.55. The van der Waals surface area contributed by atoms with E-state index >= 15 is 0 Å². The highest BCUT2D eigenvalue weighted by Gasteiger charge is 2.32. The van der Waals surface area contributed by atoms with Crippen LogP contribution in [-0.2, 0) is 11.0 Å². The number of nitrogens with zero attached hydrogens (tertiary/aromatic N) is 1. The molecule has 0 radical (unpaired) electrons. The number of nitrogens with one attached hydrogen (secondary N) is 1. The standard InChI is InChI=1S/C9H4Cl3F3N2O2/c10-4-1-3(9(13,14)15)2-5(11)6(4)16-17-7(12)8(18)19/h1-2,16H,(H,18,19). The normalized spacial score (nSPS) is 12.4. The van der Waals surface area contributed by atoms with Crippen LogP contribution in [0, 0.1) is 0 Å². The fraction of sp³-hybridized carbons (Fsp3) is 0.111. The van der Waals surface area contributed by atoms with E-state index < -0.39 is 22.9 Å². The monoisotopic (exact) mass is 334 g/mol. The third-order valence-corrected chi connectivity index (χ3v) is 2.65. The van der Waals surface area contributed by atoms with Crippen molar-refractivity contribution in [2.45, 2.75) is 6.18 Å². The molecule has 1 rings (SSSR count). The molecule has 10 heteroatoms. The first-order valence-electron chi connectivity index (χ1n) is 4.41. The second kappa shape index (κ2) is 5.85. The second-order valence-corrected chi connectivity index (χ2v) is 4.30. The summed E-state index contributed by atoms with van der Waals surface area (Å²) in [6, 6.07) is 1.25. The van der Waals surface area contributed by atoms with E-state index in [1.165, 1.54) is 0 Å². The van der Waals surface area contributed by atoms with Gasteiger partial charge in [0.05, 0.1) is 21.3 Å². The Morgan fingerprint density at radius 1 is 1.26 bits per heavy atom. The largest absolute Gasteiger partial charge is 0.476 e. The first kappa shape index (κ1) is 15.9. The van der Waals surface area contributed by atoms with Crippen molar-refractivity contribution in [1.82, 2.24) is 0 Å². The molecule has 0 aliphatic rings. The number of halogens is 6. The van der Waals surface area contributed by atoms with Gasteiger partial charge in [-0.25, -0.2) is 4.79 Å². The molecule has 0 saturated carbocycles. The highest BCUT2D eigenvalue weighted by molar-refractivity contribution is 6.81. The van der Waals surface area contributed by atoms with E-state index in [0.29, 0.717) is 12.1 Å². The Balaban J connectivity index is 3.12. The molecule has 0 aromatic heterocycles. The van der Waals surface area contributed by atoms with E-state index in [-0.39, 0.29) is 15.7 Å². The molecule has 104 valence electrons. The molecule has 2 N–H and O–H groups in total. The van der Waals surface area contributed by atoms with Crippen LogP contribution >= 0.6 is 34.8 Å². The molecule has 1 aromatic carbocycles. The van der Waals surface area contributed by atoms with Crippen LogP contribution < -0.4 is 5.43 Å². The molecule has 0 heterocycles. The minimum absolute atomic E-state index is 0.185. The molecule has 0 spiro atoms. The Morgan fingerprint density at radius 2 is 1.74 bits per heavy atom. The Labute approximate surface area is 119 Å². The molecule has 0 aliphatic carbocycles. The van der Waals surface area contributed by atoms with Crippen LogP contribution in [0.2, 0.25) is 10.0 Å². The number of carboxylic acids is 1. The van der Waals surface area contributed by atoms with Crippen LogP contribution in [0.4, 0.5) is 18.9 Å². The SMILES string of the molecule is O=C(O)C(Cl)=NNc1c(Cl)cc(C(F)(F)F)cc1Cl. The van der Waals surface area contributed by atoms with Gasteiger partial charge in [-0.2, -0.15) is 18.3 Å². The lowest BCUT2D eigenvalue weighted by Gasteiger charge is -2.11. The molecule has 0 aliphatic heterocycles. The number of anilines is 1. The van der Waals surface area contributed by atoms with Crippen LogP contribution in [-0.4, -0.2) is 16.2 Å². The van der Waals surface area contributed by atoms with Gasteiger partial charge in [-0.05, 0) is 12.1 Å². The maximum atomic E-state index is 12.4. The number of alkyl halides is 3. The van der Waals surface area contributed by atoms with E-state index in [1.807, 2.05) is 0 Å². The van der Waals surface area contributed by atoms with Crippen LogP contribution in [0.1, 0.15) is 5.56 Å². The number of benzene rings is 1. The maximum absolute atomic E-state index is 12.4. The topological polar surface area (TPSA) is 61.7 Å². The van der Waals surface area contributed by atoms with Crippen LogP contribution in [0.25, 0.3) is 0 Å². The highest BCUT2D eigenvalue weighted by atomic mass is 35.5. The Morgan fingerprint density at radius 3 is 2.11 bits per heavy atom. The predicted molar refractivity (Wildman–Crippen MR) is 66.0 cm³/mol. The van der Waals surface area contributed by atoms with Gasteiger partial charge >= 0.3 is 12.1 Å². The lowest BCUT2D eigenvalue weighted by atomic mass is 10.2. The Kier molecular flexibility index (Phi) is 4.89. The van der Waals surface area contributed by atoms with Gasteiger partial charge in [-0.1, -0.05) is 34.8 Å². The van der Waals surface area contributed by atoms with Gasteiger partial charge in [0.2, 0.25) is 5.17 Å². The number of rotatable bonds is 3. The molecule has 19 heavy (non-hydrogen) atoms. The van der Waals surface area contributed by atoms with E-state index in [1.54, 1.807) is 0 Å². The van der Waals surface area contributed by atoms with E-state index in [2.05, 4.69) is 10.5 Å². The third kappa shape index (κ3) is 4.15. The van der Waals surface area contributed by atoms with E-state index in [9.17, 15) is 18.0 Å². The second-order valence-electron chi connectivity index (χ2n) is 3.13. The molecular weight excluding hydrogens is 331 g/mol. The molecule has 0 fully saturated rings. The molecule has 4 nitrogen and oxygen atoms in total. The number of aliphatic carboxylic acids is 1. The van der Waals surface area contributed by atoms with Crippen molar-refractivity contribution < 1.29 is 23.1 Å². The predicted octanol–water partition coefficient (Wildman–Crippen LogP) is 4.06. The zero-order valence-electron chi connectivity index (χ0n) is 8.73. The first-order chi connectivity index (χ1) is 8.62. The Hall–Kier alpha value is -1.18. The summed E-state index contributed by atoms with van der Waals surface area (Å²) in [5.74, 6) is -1.52. The lowest BCUT2D eigenvalue weighted by molar-refractivity contribution is -0.137. The summed E-state index contributed by atoms with van der Waals surface area (Å²) in [4.78, 5) is 10.4. The molecule has 0 amide bonds. The number of hydrogen-bond acceptors (Lipinski definition) is 3. The number of carboxylic acid groups (broad SMARTS) is 1. The van der Waals surface area contributed by atoms with Crippen LogP contribution in [0.15, 0.2) is 17.2 Å². The summed E-state index contributed by atoms with van der Waals surface area (Å²) < 4.78 is 37.3. The van der Waals surface area contributed by atoms with Crippen molar-refractivity contribution in [3.8, 4) is 0 Å². The maximum Gasteiger partial charge on any atom is 0.416 e. The smallest absolute Gasteiger partial charge is 0.416 e. The molecule has 0 atom stereocenters. The summed E-state index contributed by atoms with van der Waals surface area (Å²) in [6.45, 7) is 0. The average molecular weight is 335 g/mol. The summed E-state index contributed by atoms with van der Waals surface area (Å²) >= 11 is 16.4. The zero-order valence-corrected chi connectivity index (χ0v) is 11.0. The van der Waals surface area contributed by atoms with Crippen molar-refractivity contribution in [3.63, 3.8) is 0 Å². The quantitative estimate of drug-likeness (QED) is 0.647. The summed E-state index contributed by atoms with van der Waals surface area (Å²) in [5.41, 5.74) is 0.860. The van der Waals surface area contributed by atoms with Crippen molar-refractivity contribution >= 4 is 51.6 Å². The molecule has 0 unspecified atom stereocenters. The molecule has 0 bridgehead atoms. The summed E-state index contributed by atoms with van der Waals surface area (Å²) in [7, 11) is 0. The van der Waals surface area contributed by atoms with E-state index in [0.717, 1.165) is 0 Å². The lowest BCUT2D eigenvalue weighted by Crippen LogP contribution is -2.09. The zero-order chi connectivity index (χ0) is 14.8. The van der Waals surface area contributed by atoms with Crippen molar-refractivity contribution in [2.75, 3.05) is 5.43 Å². The van der Waals surface area contributed by atoms with Crippen LogP contribution in [0.3, 0.4) is 0 Å². The number of hydrogen-bond donors (Lipinski definition) is 2. The van der Waals surface area contributed by atoms with Gasteiger partial charge in [0.15, 0.2) is 0 Å². The van der Waals surface area contributed by atoms with Crippen LogP contribution in [0.5, 0.6) is 0 Å². The summed E-state index contributed by atoms with van der Waals surface area (Å²) in [5, 5.41) is 10.0. The highest BCUT2D eigenvalue weighted by Crippen LogP contribution is 2.38. The van der Waals surface area contributed by atoms with Crippen molar-refractivity contribution in [1.29, 1.82) is 0 Å². The van der Waals surface area contributed by atoms with Gasteiger partial charge < -0.3 is 5.11 Å². The van der Waals surface area contributed by atoms with Gasteiger partial charge in [0.25, 0.3) is 0 Å². The average Bonchev–Trinajstić information content (AvgIpc) is 2.25. The van der Waals surface area contributed by atoms with Crippen molar-refractivity contribution in [3.05, 3.63) is 27.7 Å². The van der Waals surface area contributed by atoms with Gasteiger partial charge in [-0.15, -0.1) is 0 Å². The van der Waals surface area contributed by atoms with Gasteiger partial charge in [-0.3, -0.25) is 5.43 Å². The Bertz CT molecular complexity index is 523. The van der Waals surface area contributed by atoms with Gasteiger partial charge in [0, 0.05) is 0 Å². The third-order valence-electron chi connectivity index (χ3n) is 1.81. The fourth-order valence-electron chi connectivity index (χ4n) is 0.996. The van der Waals surface area contributed by atoms with E-state index in [4.69, 9.17) is 39.9 Å². The molecule has 0 saturated heterocycles. The van der Waals surface area contributed by atoms with Gasteiger partial charge in [0.1, 0.15) is 0 Å². The van der Waals surface area contributed by atoms with Crippen molar-refractivity contribution in [2.24, 2.45) is 5.10 Å². The molecular formula is C9H4Cl3F3N2O2. The number of carbonyl (C=O) groups is 1. The fourth-order valence-corrected chi connectivity index (χ4v) is 1.61. The number of hydrazone groups is 1. The minimum Gasteiger partial charge on any atom is -0.476 e. The molecule has 1 aromatic rings. The minimum atomic E-state index is -4.60.